The number of para-hydroxylation sites is 1. The van der Waals surface area contributed by atoms with Gasteiger partial charge in [-0.2, -0.15) is 5.26 Å². The van der Waals surface area contributed by atoms with E-state index in [1.54, 1.807) is 18.3 Å². The van der Waals surface area contributed by atoms with Gasteiger partial charge in [0.1, 0.15) is 0 Å². The van der Waals surface area contributed by atoms with Crippen molar-refractivity contribution in [1.29, 1.82) is 0 Å². The van der Waals surface area contributed by atoms with Crippen molar-refractivity contribution < 1.29 is 14.9 Å². The molecule has 1 aromatic heterocycles. The van der Waals surface area contributed by atoms with Crippen LogP contribution in [0.15, 0.2) is 30.5 Å². The maximum atomic E-state index is 11.0. The molecular formula is C9H7NO3. The van der Waals surface area contributed by atoms with E-state index < -0.39 is 5.97 Å². The smallest absolute Gasteiger partial charge is 0.360 e. The summed E-state index contributed by atoms with van der Waals surface area (Å²) in [5.74, 6) is -0.756. The summed E-state index contributed by atoms with van der Waals surface area (Å²) in [6, 6.07) is 7.00. The number of fused-ring (bicyclic) bond motifs is 1. The molecule has 13 heavy (non-hydrogen) atoms. The molecule has 0 aliphatic heterocycles. The van der Waals surface area contributed by atoms with E-state index in [1.165, 1.54) is 0 Å². The summed E-state index contributed by atoms with van der Waals surface area (Å²) >= 11 is 0. The van der Waals surface area contributed by atoms with E-state index in [0.29, 0.717) is 11.1 Å². The van der Waals surface area contributed by atoms with Crippen LogP contribution in [0.2, 0.25) is 0 Å². The molecule has 2 rings (SSSR count). The number of carbonyl (C=O) groups is 1. The molecule has 0 amide bonds. The predicted molar refractivity (Wildman–Crippen MR) is 46.3 cm³/mol. The predicted octanol–water partition coefficient (Wildman–Crippen LogP) is 1.80. The molecule has 2 aromatic rings. The minimum atomic E-state index is -0.756. The number of H-pyrrole nitrogens is 1. The highest BCUT2D eigenvalue weighted by Gasteiger charge is 2.11. The summed E-state index contributed by atoms with van der Waals surface area (Å²) in [5, 5.41) is 9.13. The second kappa shape index (κ2) is 2.91. The number of hydrogen-bond donors (Lipinski definition) is 2. The van der Waals surface area contributed by atoms with Gasteiger partial charge in [-0.3, -0.25) is 4.89 Å². The van der Waals surface area contributed by atoms with Crippen LogP contribution in [0.4, 0.5) is 0 Å². The van der Waals surface area contributed by atoms with Crippen LogP contribution >= 0.6 is 0 Å². The highest BCUT2D eigenvalue weighted by atomic mass is 17.1. The lowest BCUT2D eigenvalue weighted by Crippen LogP contribution is -2.01. The van der Waals surface area contributed by atoms with Gasteiger partial charge in [0.2, 0.25) is 0 Å². The van der Waals surface area contributed by atoms with Gasteiger partial charge in [0.05, 0.1) is 11.1 Å². The first-order valence-electron chi connectivity index (χ1n) is 3.75. The fraction of sp³-hybridized carbons (Fsp3) is 0. The van der Waals surface area contributed by atoms with Gasteiger partial charge in [-0.25, -0.2) is 4.79 Å². The van der Waals surface area contributed by atoms with E-state index in [0.717, 1.165) is 5.39 Å². The van der Waals surface area contributed by atoms with Gasteiger partial charge in [0, 0.05) is 11.6 Å². The molecule has 0 fully saturated rings. The lowest BCUT2D eigenvalue weighted by Gasteiger charge is -1.97. The average Bonchev–Trinajstić information content (AvgIpc) is 2.63. The summed E-state index contributed by atoms with van der Waals surface area (Å²) in [7, 11) is 0. The van der Waals surface area contributed by atoms with Crippen LogP contribution in [0.5, 0.6) is 0 Å². The Hall–Kier alpha value is -1.81. The number of aromatic nitrogens is 1. The number of hydrogen-bond acceptors (Lipinski definition) is 3. The molecule has 66 valence electrons. The van der Waals surface area contributed by atoms with Crippen molar-refractivity contribution in [3.05, 3.63) is 36.0 Å². The monoisotopic (exact) mass is 177 g/mol. The maximum Gasteiger partial charge on any atom is 0.374 e. The van der Waals surface area contributed by atoms with Gasteiger partial charge in [-0.05, 0) is 12.1 Å². The SMILES string of the molecule is O=C(OO)c1cccc2cc[nH]c12. The van der Waals surface area contributed by atoms with Crippen molar-refractivity contribution in [1.82, 2.24) is 4.98 Å². The van der Waals surface area contributed by atoms with Crippen LogP contribution < -0.4 is 0 Å². The Labute approximate surface area is 73.7 Å². The lowest BCUT2D eigenvalue weighted by molar-refractivity contribution is -0.182. The Balaban J connectivity index is 2.67. The highest BCUT2D eigenvalue weighted by molar-refractivity contribution is 6.02. The fourth-order valence-corrected chi connectivity index (χ4v) is 1.30. The molecule has 2 N–H and O–H groups in total. The standard InChI is InChI=1S/C9H7NO3/c11-9(13-12)7-3-1-2-6-4-5-10-8(6)7/h1-5,10,12H. The van der Waals surface area contributed by atoms with E-state index in [9.17, 15) is 4.79 Å². The number of rotatable bonds is 1. The molecule has 1 aromatic carbocycles. The molecule has 1 heterocycles. The van der Waals surface area contributed by atoms with Gasteiger partial charge in [0.15, 0.2) is 0 Å². The second-order valence-corrected chi connectivity index (χ2v) is 2.63. The number of carbonyl (C=O) groups excluding carboxylic acids is 1. The van der Waals surface area contributed by atoms with Crippen molar-refractivity contribution >= 4 is 16.9 Å². The first kappa shape index (κ1) is 7.82. The molecular weight excluding hydrogens is 170 g/mol. The van der Waals surface area contributed by atoms with Crippen molar-refractivity contribution in [2.24, 2.45) is 0 Å². The van der Waals surface area contributed by atoms with Crippen molar-refractivity contribution in [3.8, 4) is 0 Å². The third kappa shape index (κ3) is 1.17. The molecule has 0 atom stereocenters. The lowest BCUT2D eigenvalue weighted by atomic mass is 10.1. The zero-order valence-electron chi connectivity index (χ0n) is 6.65. The minimum Gasteiger partial charge on any atom is -0.360 e. The summed E-state index contributed by atoms with van der Waals surface area (Å²) in [6.07, 6.45) is 1.72. The molecule has 0 aliphatic rings. The minimum absolute atomic E-state index is 0.324. The van der Waals surface area contributed by atoms with Crippen LogP contribution in [0.25, 0.3) is 10.9 Å². The second-order valence-electron chi connectivity index (χ2n) is 2.63. The van der Waals surface area contributed by atoms with E-state index in [4.69, 9.17) is 5.26 Å². The number of aromatic amines is 1. The number of benzene rings is 1. The molecule has 0 radical (unpaired) electrons. The number of nitrogens with one attached hydrogen (secondary N) is 1. The largest absolute Gasteiger partial charge is 0.374 e. The van der Waals surface area contributed by atoms with Gasteiger partial charge in [-0.15, -0.1) is 0 Å². The molecule has 0 aliphatic carbocycles. The zero-order chi connectivity index (χ0) is 9.26. The van der Waals surface area contributed by atoms with Gasteiger partial charge < -0.3 is 4.98 Å². The molecule has 4 heteroatoms. The van der Waals surface area contributed by atoms with E-state index >= 15 is 0 Å². The maximum absolute atomic E-state index is 11.0. The Kier molecular flexibility index (Phi) is 1.75. The summed E-state index contributed by atoms with van der Waals surface area (Å²) in [4.78, 5) is 17.6. The van der Waals surface area contributed by atoms with Crippen molar-refractivity contribution in [2.45, 2.75) is 0 Å². The average molecular weight is 177 g/mol. The van der Waals surface area contributed by atoms with Crippen LogP contribution in [-0.2, 0) is 4.89 Å². The van der Waals surface area contributed by atoms with Crippen molar-refractivity contribution in [2.75, 3.05) is 0 Å². The Bertz CT molecular complexity index is 447. The van der Waals surface area contributed by atoms with Gasteiger partial charge in [-0.1, -0.05) is 12.1 Å². The molecule has 0 spiro atoms. The Morgan fingerprint density at radius 3 is 3.00 bits per heavy atom. The van der Waals surface area contributed by atoms with E-state index in [1.807, 2.05) is 12.1 Å². The molecule has 4 nitrogen and oxygen atoms in total. The molecule has 0 saturated heterocycles. The van der Waals surface area contributed by atoms with E-state index in [2.05, 4.69) is 9.87 Å². The molecule has 0 bridgehead atoms. The fourth-order valence-electron chi connectivity index (χ4n) is 1.30. The van der Waals surface area contributed by atoms with Gasteiger partial charge >= 0.3 is 5.97 Å². The first-order valence-corrected chi connectivity index (χ1v) is 3.75. The Morgan fingerprint density at radius 1 is 1.38 bits per heavy atom. The van der Waals surface area contributed by atoms with E-state index in [-0.39, 0.29) is 0 Å². The Morgan fingerprint density at radius 2 is 2.23 bits per heavy atom. The van der Waals surface area contributed by atoms with Crippen LogP contribution in [-0.4, -0.2) is 16.2 Å². The zero-order valence-corrected chi connectivity index (χ0v) is 6.65. The highest BCUT2D eigenvalue weighted by Crippen LogP contribution is 2.17. The normalized spacial score (nSPS) is 10.2. The first-order chi connectivity index (χ1) is 6.33. The summed E-state index contributed by atoms with van der Waals surface area (Å²) in [5.41, 5.74) is 0.992. The van der Waals surface area contributed by atoms with Crippen LogP contribution in [0.1, 0.15) is 10.4 Å². The van der Waals surface area contributed by atoms with Gasteiger partial charge in [0.25, 0.3) is 0 Å². The molecule has 0 unspecified atom stereocenters. The third-order valence-corrected chi connectivity index (χ3v) is 1.89. The van der Waals surface area contributed by atoms with Crippen LogP contribution in [0.3, 0.4) is 0 Å². The summed E-state index contributed by atoms with van der Waals surface area (Å²) < 4.78 is 0. The van der Waals surface area contributed by atoms with Crippen molar-refractivity contribution in [3.63, 3.8) is 0 Å². The summed E-state index contributed by atoms with van der Waals surface area (Å²) in [6.45, 7) is 0. The third-order valence-electron chi connectivity index (χ3n) is 1.89. The quantitative estimate of drug-likeness (QED) is 0.515. The van der Waals surface area contributed by atoms with Crippen LogP contribution in [0, 0.1) is 0 Å². The topological polar surface area (TPSA) is 62.3 Å². The molecule has 0 saturated carbocycles.